The van der Waals surface area contributed by atoms with Crippen molar-refractivity contribution < 1.29 is 32.2 Å². The quantitative estimate of drug-likeness (QED) is 0.884. The second-order valence-corrected chi connectivity index (χ2v) is 3.96. The SMILES string of the molecule is O=C(O)c1ccoc1CNc1ccccc1OC(F)(F)F. The molecule has 0 aliphatic heterocycles. The number of furan rings is 1. The van der Waals surface area contributed by atoms with Crippen LogP contribution >= 0.6 is 0 Å². The molecule has 0 radical (unpaired) electrons. The van der Waals surface area contributed by atoms with Gasteiger partial charge in [-0.1, -0.05) is 12.1 Å². The zero-order valence-corrected chi connectivity index (χ0v) is 10.5. The molecular weight excluding hydrogens is 291 g/mol. The third-order valence-corrected chi connectivity index (χ3v) is 2.53. The van der Waals surface area contributed by atoms with Crippen LogP contribution in [0.15, 0.2) is 41.0 Å². The first kappa shape index (κ1) is 14.8. The molecule has 0 saturated carbocycles. The maximum atomic E-state index is 12.3. The van der Waals surface area contributed by atoms with Crippen LogP contribution in [0.25, 0.3) is 0 Å². The summed E-state index contributed by atoms with van der Waals surface area (Å²) >= 11 is 0. The number of carboxylic acids is 1. The van der Waals surface area contributed by atoms with Gasteiger partial charge in [-0.3, -0.25) is 0 Å². The highest BCUT2D eigenvalue weighted by Crippen LogP contribution is 2.30. The molecule has 2 N–H and O–H groups in total. The van der Waals surface area contributed by atoms with Gasteiger partial charge in [0.05, 0.1) is 18.5 Å². The Balaban J connectivity index is 2.13. The van der Waals surface area contributed by atoms with Crippen molar-refractivity contribution in [1.82, 2.24) is 0 Å². The summed E-state index contributed by atoms with van der Waals surface area (Å²) in [6.45, 7) is -0.0904. The summed E-state index contributed by atoms with van der Waals surface area (Å²) in [5.74, 6) is -1.49. The van der Waals surface area contributed by atoms with Crippen LogP contribution < -0.4 is 10.1 Å². The number of rotatable bonds is 5. The molecule has 2 rings (SSSR count). The second kappa shape index (κ2) is 5.78. The van der Waals surface area contributed by atoms with Gasteiger partial charge in [-0.2, -0.15) is 0 Å². The highest BCUT2D eigenvalue weighted by atomic mass is 19.4. The molecule has 5 nitrogen and oxygen atoms in total. The molecule has 0 amide bonds. The Bertz CT molecular complexity index is 636. The third kappa shape index (κ3) is 3.91. The summed E-state index contributed by atoms with van der Waals surface area (Å²) in [5, 5.41) is 11.5. The molecule has 0 aliphatic carbocycles. The van der Waals surface area contributed by atoms with Crippen molar-refractivity contribution in [3.63, 3.8) is 0 Å². The van der Waals surface area contributed by atoms with E-state index >= 15 is 0 Å². The van der Waals surface area contributed by atoms with E-state index in [9.17, 15) is 18.0 Å². The Morgan fingerprint density at radius 1 is 1.29 bits per heavy atom. The van der Waals surface area contributed by atoms with Gasteiger partial charge in [0.15, 0.2) is 5.75 Å². The summed E-state index contributed by atoms with van der Waals surface area (Å²) in [7, 11) is 0. The Morgan fingerprint density at radius 2 is 2.00 bits per heavy atom. The number of alkyl halides is 3. The standard InChI is InChI=1S/C13H10F3NO4/c14-13(15,16)21-10-4-2-1-3-9(10)17-7-11-8(12(18)19)5-6-20-11/h1-6,17H,7H2,(H,18,19). The first-order valence-electron chi connectivity index (χ1n) is 5.75. The van der Waals surface area contributed by atoms with Crippen LogP contribution in [0, 0.1) is 0 Å². The van der Waals surface area contributed by atoms with Gasteiger partial charge in [0.1, 0.15) is 11.3 Å². The van der Waals surface area contributed by atoms with Gasteiger partial charge in [0.2, 0.25) is 0 Å². The van der Waals surface area contributed by atoms with E-state index in [4.69, 9.17) is 9.52 Å². The third-order valence-electron chi connectivity index (χ3n) is 2.53. The number of aromatic carboxylic acids is 1. The number of ether oxygens (including phenoxy) is 1. The lowest BCUT2D eigenvalue weighted by atomic mass is 10.2. The number of hydrogen-bond acceptors (Lipinski definition) is 4. The minimum Gasteiger partial charge on any atom is -0.478 e. The number of nitrogens with one attached hydrogen (secondary N) is 1. The molecule has 8 heteroatoms. The highest BCUT2D eigenvalue weighted by molar-refractivity contribution is 5.88. The zero-order chi connectivity index (χ0) is 15.5. The average Bonchev–Trinajstić information content (AvgIpc) is 2.84. The van der Waals surface area contributed by atoms with E-state index in [0.717, 1.165) is 6.07 Å². The van der Waals surface area contributed by atoms with Crippen molar-refractivity contribution in [2.24, 2.45) is 0 Å². The summed E-state index contributed by atoms with van der Waals surface area (Å²) in [4.78, 5) is 10.9. The van der Waals surface area contributed by atoms with Gasteiger partial charge in [0.25, 0.3) is 0 Å². The lowest BCUT2D eigenvalue weighted by Gasteiger charge is -2.14. The van der Waals surface area contributed by atoms with E-state index in [1.807, 2.05) is 0 Å². The van der Waals surface area contributed by atoms with Crippen molar-refractivity contribution >= 4 is 11.7 Å². The normalized spacial score (nSPS) is 11.2. The minimum atomic E-state index is -4.81. The maximum Gasteiger partial charge on any atom is 0.573 e. The first-order valence-corrected chi connectivity index (χ1v) is 5.75. The van der Waals surface area contributed by atoms with E-state index in [1.54, 1.807) is 0 Å². The predicted octanol–water partition coefficient (Wildman–Crippen LogP) is 3.49. The molecule has 1 heterocycles. The molecule has 0 saturated heterocycles. The minimum absolute atomic E-state index is 0.0586. The molecule has 21 heavy (non-hydrogen) atoms. The molecule has 0 spiro atoms. The molecule has 112 valence electrons. The number of benzene rings is 1. The van der Waals surface area contributed by atoms with Crippen LogP contribution in [0.4, 0.5) is 18.9 Å². The van der Waals surface area contributed by atoms with Crippen LogP contribution in [0.3, 0.4) is 0 Å². The van der Waals surface area contributed by atoms with Crippen molar-refractivity contribution in [2.75, 3.05) is 5.32 Å². The fourth-order valence-corrected chi connectivity index (χ4v) is 1.67. The van der Waals surface area contributed by atoms with Crippen molar-refractivity contribution in [3.8, 4) is 5.75 Å². The Labute approximate surface area is 116 Å². The van der Waals surface area contributed by atoms with E-state index in [0.29, 0.717) is 0 Å². The second-order valence-electron chi connectivity index (χ2n) is 3.96. The molecule has 0 aliphatic rings. The van der Waals surface area contributed by atoms with Crippen LogP contribution in [0.2, 0.25) is 0 Å². The lowest BCUT2D eigenvalue weighted by molar-refractivity contribution is -0.274. The molecule has 0 bridgehead atoms. The number of anilines is 1. The molecule has 2 aromatic rings. The van der Waals surface area contributed by atoms with E-state index in [-0.39, 0.29) is 23.6 Å². The van der Waals surface area contributed by atoms with Crippen molar-refractivity contribution in [1.29, 1.82) is 0 Å². The van der Waals surface area contributed by atoms with Crippen molar-refractivity contribution in [3.05, 3.63) is 47.9 Å². The smallest absolute Gasteiger partial charge is 0.478 e. The number of para-hydroxylation sites is 2. The topological polar surface area (TPSA) is 71.7 Å². The van der Waals surface area contributed by atoms with Gasteiger partial charge >= 0.3 is 12.3 Å². The van der Waals surface area contributed by atoms with Gasteiger partial charge in [-0.25, -0.2) is 4.79 Å². The molecule has 0 fully saturated rings. The molecule has 1 aromatic carbocycles. The summed E-state index contributed by atoms with van der Waals surface area (Å²) in [6, 6.07) is 6.70. The Hall–Kier alpha value is -2.64. The van der Waals surface area contributed by atoms with Crippen LogP contribution in [-0.2, 0) is 6.54 Å². The number of carbonyl (C=O) groups is 1. The van der Waals surface area contributed by atoms with Gasteiger partial charge < -0.3 is 19.6 Å². The Kier molecular flexibility index (Phi) is 4.06. The number of halogens is 3. The predicted molar refractivity (Wildman–Crippen MR) is 66.1 cm³/mol. The zero-order valence-electron chi connectivity index (χ0n) is 10.5. The molecule has 0 unspecified atom stereocenters. The van der Waals surface area contributed by atoms with Crippen LogP contribution in [0.5, 0.6) is 5.75 Å². The van der Waals surface area contributed by atoms with Gasteiger partial charge in [-0.15, -0.1) is 13.2 Å². The van der Waals surface area contributed by atoms with Gasteiger partial charge in [-0.05, 0) is 18.2 Å². The molecule has 1 aromatic heterocycles. The fraction of sp³-hybridized carbons (Fsp3) is 0.154. The van der Waals surface area contributed by atoms with Crippen LogP contribution in [0.1, 0.15) is 16.1 Å². The number of hydrogen-bond donors (Lipinski definition) is 2. The number of carboxylic acid groups (broad SMARTS) is 1. The van der Waals surface area contributed by atoms with E-state index in [1.165, 1.54) is 30.5 Å². The first-order chi connectivity index (χ1) is 9.87. The summed E-state index contributed by atoms with van der Waals surface area (Å²) in [5.41, 5.74) is 0.0132. The van der Waals surface area contributed by atoms with E-state index < -0.39 is 18.1 Å². The largest absolute Gasteiger partial charge is 0.573 e. The average molecular weight is 301 g/mol. The fourth-order valence-electron chi connectivity index (χ4n) is 1.67. The van der Waals surface area contributed by atoms with Crippen LogP contribution in [-0.4, -0.2) is 17.4 Å². The monoisotopic (exact) mass is 301 g/mol. The highest BCUT2D eigenvalue weighted by Gasteiger charge is 2.32. The Morgan fingerprint density at radius 3 is 2.67 bits per heavy atom. The van der Waals surface area contributed by atoms with Crippen molar-refractivity contribution in [2.45, 2.75) is 12.9 Å². The van der Waals surface area contributed by atoms with E-state index in [2.05, 4.69) is 10.1 Å². The maximum absolute atomic E-state index is 12.3. The summed E-state index contributed by atoms with van der Waals surface area (Å²) < 4.78 is 45.6. The lowest BCUT2D eigenvalue weighted by Crippen LogP contribution is -2.18. The molecule has 0 atom stereocenters. The summed E-state index contributed by atoms with van der Waals surface area (Å²) in [6.07, 6.45) is -3.62. The molecular formula is C13H10F3NO4. The van der Waals surface area contributed by atoms with Gasteiger partial charge in [0, 0.05) is 0 Å².